The molecule has 2 saturated heterocycles. The van der Waals surface area contributed by atoms with Gasteiger partial charge in [-0.1, -0.05) is 42.6 Å². The van der Waals surface area contributed by atoms with Crippen LogP contribution < -0.4 is 4.90 Å². The van der Waals surface area contributed by atoms with Gasteiger partial charge in [0.05, 0.1) is 10.5 Å². The highest BCUT2D eigenvalue weighted by molar-refractivity contribution is 8.04. The third-order valence-corrected chi connectivity index (χ3v) is 9.10. The number of halogens is 4. The summed E-state index contributed by atoms with van der Waals surface area (Å²) in [5, 5.41) is 0.847. The van der Waals surface area contributed by atoms with Crippen molar-refractivity contribution in [2.75, 3.05) is 37.6 Å². The highest BCUT2D eigenvalue weighted by Gasteiger charge is 2.42. The van der Waals surface area contributed by atoms with Crippen molar-refractivity contribution in [3.63, 3.8) is 0 Å². The number of fused-ring (bicyclic) bond motifs is 1. The van der Waals surface area contributed by atoms with Crippen LogP contribution in [0.2, 0.25) is 5.02 Å². The molecule has 1 aliphatic carbocycles. The lowest BCUT2D eigenvalue weighted by atomic mass is 9.93. The standard InChI is InChI=1S/C28H29ClF3N3O2S/c29-21-4-3-5-22(17-21)33-12-14-34(15-13-33)26(36)18-35-23-6-1-2-7-24(23)38-25(27(35)37)16-19-8-10-20(11-9-19)28(30,31)32/h3-5,8-11,16-17,23-24H,1-2,6-7,12-15,18H2/b25-16+. The van der Waals surface area contributed by atoms with Crippen LogP contribution in [-0.2, 0) is 15.8 Å². The smallest absolute Gasteiger partial charge is 0.368 e. The maximum absolute atomic E-state index is 13.6. The van der Waals surface area contributed by atoms with Gasteiger partial charge >= 0.3 is 6.18 Å². The number of nitrogens with zero attached hydrogens (tertiary/aromatic N) is 3. The Labute approximate surface area is 229 Å². The summed E-state index contributed by atoms with van der Waals surface area (Å²) in [4.78, 5) is 33.1. The normalized spacial score (nSPS) is 23.5. The van der Waals surface area contributed by atoms with Crippen LogP contribution in [0.5, 0.6) is 0 Å². The van der Waals surface area contributed by atoms with Crippen LogP contribution in [0.25, 0.3) is 6.08 Å². The summed E-state index contributed by atoms with van der Waals surface area (Å²) in [6.07, 6.45) is 1.11. The Morgan fingerprint density at radius 2 is 1.74 bits per heavy atom. The molecule has 0 N–H and O–H groups in total. The molecule has 10 heteroatoms. The third-order valence-electron chi connectivity index (χ3n) is 7.47. The number of hydrogen-bond acceptors (Lipinski definition) is 4. The predicted octanol–water partition coefficient (Wildman–Crippen LogP) is 5.94. The molecule has 202 valence electrons. The molecule has 2 atom stereocenters. The molecule has 1 saturated carbocycles. The van der Waals surface area contributed by atoms with Crippen molar-refractivity contribution in [3.8, 4) is 0 Å². The molecule has 38 heavy (non-hydrogen) atoms. The second-order valence-electron chi connectivity index (χ2n) is 9.92. The summed E-state index contributed by atoms with van der Waals surface area (Å²) in [5.41, 5.74) is 0.833. The molecule has 3 aliphatic rings. The van der Waals surface area contributed by atoms with Crippen LogP contribution >= 0.6 is 23.4 Å². The second-order valence-corrected chi connectivity index (χ2v) is 11.6. The molecule has 5 nitrogen and oxygen atoms in total. The fraction of sp³-hybridized carbons (Fsp3) is 0.429. The van der Waals surface area contributed by atoms with E-state index in [4.69, 9.17) is 11.6 Å². The quantitative estimate of drug-likeness (QED) is 0.432. The number of amides is 2. The molecule has 5 rings (SSSR count). The Balaban J connectivity index is 1.28. The van der Waals surface area contributed by atoms with Gasteiger partial charge in [-0.3, -0.25) is 9.59 Å². The van der Waals surface area contributed by atoms with Crippen molar-refractivity contribution in [2.45, 2.75) is 43.2 Å². The van der Waals surface area contributed by atoms with Gasteiger partial charge < -0.3 is 14.7 Å². The number of piperazine rings is 1. The van der Waals surface area contributed by atoms with E-state index in [-0.39, 0.29) is 29.7 Å². The van der Waals surface area contributed by atoms with Gasteiger partial charge in [0.2, 0.25) is 5.91 Å². The first-order valence-corrected chi connectivity index (χ1v) is 14.1. The molecule has 0 bridgehead atoms. The van der Waals surface area contributed by atoms with Gasteiger partial charge in [-0.15, -0.1) is 11.8 Å². The van der Waals surface area contributed by atoms with Crippen molar-refractivity contribution < 1.29 is 22.8 Å². The van der Waals surface area contributed by atoms with Crippen LogP contribution in [0.4, 0.5) is 18.9 Å². The summed E-state index contributed by atoms with van der Waals surface area (Å²) in [6.45, 7) is 2.50. The SMILES string of the molecule is O=C(CN1C(=O)/C(=C\c2ccc(C(F)(F)F)cc2)SC2CCCCC21)N1CCN(c2cccc(Cl)c2)CC1. The van der Waals surface area contributed by atoms with Gasteiger partial charge in [0.25, 0.3) is 5.91 Å². The van der Waals surface area contributed by atoms with E-state index in [0.717, 1.165) is 43.5 Å². The number of alkyl halides is 3. The topological polar surface area (TPSA) is 43.9 Å². The van der Waals surface area contributed by atoms with Gasteiger partial charge in [-0.25, -0.2) is 0 Å². The van der Waals surface area contributed by atoms with Crippen LogP contribution in [0.15, 0.2) is 53.4 Å². The van der Waals surface area contributed by atoms with E-state index in [1.165, 1.54) is 23.9 Å². The van der Waals surface area contributed by atoms with Crippen LogP contribution in [-0.4, -0.2) is 65.6 Å². The first kappa shape index (κ1) is 26.9. The van der Waals surface area contributed by atoms with Crippen molar-refractivity contribution in [2.24, 2.45) is 0 Å². The predicted molar refractivity (Wildman–Crippen MR) is 145 cm³/mol. The maximum atomic E-state index is 13.6. The molecule has 2 aromatic carbocycles. The monoisotopic (exact) mass is 563 g/mol. The highest BCUT2D eigenvalue weighted by Crippen LogP contribution is 2.42. The molecule has 0 spiro atoms. The average Bonchev–Trinajstić information content (AvgIpc) is 2.91. The van der Waals surface area contributed by atoms with Crippen molar-refractivity contribution in [1.29, 1.82) is 0 Å². The Bertz CT molecular complexity index is 1210. The van der Waals surface area contributed by atoms with E-state index in [0.29, 0.717) is 41.7 Å². The maximum Gasteiger partial charge on any atom is 0.416 e. The molecule has 2 unspecified atom stereocenters. The molecular weight excluding hydrogens is 535 g/mol. The largest absolute Gasteiger partial charge is 0.416 e. The highest BCUT2D eigenvalue weighted by atomic mass is 35.5. The minimum absolute atomic E-state index is 0.0114. The number of rotatable bonds is 4. The fourth-order valence-electron chi connectivity index (χ4n) is 5.41. The lowest BCUT2D eigenvalue weighted by Crippen LogP contribution is -2.57. The van der Waals surface area contributed by atoms with Gasteiger partial charge in [-0.2, -0.15) is 13.2 Å². The summed E-state index contributed by atoms with van der Waals surface area (Å²) in [6, 6.07) is 12.5. The summed E-state index contributed by atoms with van der Waals surface area (Å²) in [5.74, 6) is -0.293. The fourth-order valence-corrected chi connectivity index (χ4v) is 7.07. The minimum atomic E-state index is -4.41. The number of thioether (sulfide) groups is 1. The van der Waals surface area contributed by atoms with Crippen LogP contribution in [0.3, 0.4) is 0 Å². The molecule has 2 heterocycles. The number of anilines is 1. The van der Waals surface area contributed by atoms with E-state index in [1.807, 2.05) is 29.2 Å². The van der Waals surface area contributed by atoms with E-state index >= 15 is 0 Å². The van der Waals surface area contributed by atoms with E-state index < -0.39 is 11.7 Å². The van der Waals surface area contributed by atoms with E-state index in [9.17, 15) is 22.8 Å². The van der Waals surface area contributed by atoms with Gasteiger partial charge in [0, 0.05) is 48.2 Å². The zero-order valence-corrected chi connectivity index (χ0v) is 22.4. The Morgan fingerprint density at radius 3 is 2.42 bits per heavy atom. The second kappa shape index (κ2) is 11.2. The molecule has 2 aromatic rings. The number of hydrogen-bond donors (Lipinski definition) is 0. The van der Waals surface area contributed by atoms with E-state index in [2.05, 4.69) is 4.90 Å². The lowest BCUT2D eigenvalue weighted by molar-refractivity contribution is -0.140. The van der Waals surface area contributed by atoms with Gasteiger partial charge in [0.15, 0.2) is 0 Å². The van der Waals surface area contributed by atoms with Crippen molar-refractivity contribution >= 4 is 46.9 Å². The first-order chi connectivity index (χ1) is 18.2. The van der Waals surface area contributed by atoms with E-state index in [1.54, 1.807) is 11.0 Å². The molecular formula is C28H29ClF3N3O2S. The molecule has 2 amide bonds. The average molecular weight is 564 g/mol. The minimum Gasteiger partial charge on any atom is -0.368 e. The molecule has 2 aliphatic heterocycles. The third kappa shape index (κ3) is 5.99. The Kier molecular flexibility index (Phi) is 7.95. The van der Waals surface area contributed by atoms with Gasteiger partial charge in [0.1, 0.15) is 6.54 Å². The molecule has 0 aromatic heterocycles. The number of benzene rings is 2. The number of carbonyl (C=O) groups is 2. The summed E-state index contributed by atoms with van der Waals surface area (Å²) >= 11 is 7.63. The Hall–Kier alpha value is -2.65. The zero-order chi connectivity index (χ0) is 26.9. The Morgan fingerprint density at radius 1 is 1.03 bits per heavy atom. The summed E-state index contributed by atoms with van der Waals surface area (Å²) < 4.78 is 38.9. The lowest BCUT2D eigenvalue weighted by Gasteiger charge is -2.45. The first-order valence-electron chi connectivity index (χ1n) is 12.8. The zero-order valence-electron chi connectivity index (χ0n) is 20.8. The number of carbonyl (C=O) groups excluding carboxylic acids is 2. The van der Waals surface area contributed by atoms with Crippen LogP contribution in [0, 0.1) is 0 Å². The van der Waals surface area contributed by atoms with Crippen molar-refractivity contribution in [3.05, 3.63) is 69.6 Å². The molecule has 3 fully saturated rings. The van der Waals surface area contributed by atoms with Crippen LogP contribution in [0.1, 0.15) is 36.8 Å². The van der Waals surface area contributed by atoms with Gasteiger partial charge in [-0.05, 0) is 54.8 Å². The van der Waals surface area contributed by atoms with Crippen molar-refractivity contribution in [1.82, 2.24) is 9.80 Å². The summed E-state index contributed by atoms with van der Waals surface area (Å²) in [7, 11) is 0. The molecule has 0 radical (unpaired) electrons.